The predicted molar refractivity (Wildman–Crippen MR) is 73.1 cm³/mol. The topological polar surface area (TPSA) is 62.5 Å². The van der Waals surface area contributed by atoms with Gasteiger partial charge in [-0.1, -0.05) is 6.08 Å². The Balaban J connectivity index is 3.07. The molecule has 0 saturated carbocycles. The summed E-state index contributed by atoms with van der Waals surface area (Å²) in [5, 5.41) is 8.83. The third-order valence-electron chi connectivity index (χ3n) is 2.72. The summed E-state index contributed by atoms with van der Waals surface area (Å²) in [6.07, 6.45) is 3.25. The molecule has 1 rings (SSSR count). The maximum absolute atomic E-state index is 12.5. The van der Waals surface area contributed by atoms with Gasteiger partial charge in [0.05, 0.1) is 0 Å². The number of carbonyl (C=O) groups excluding carboxylic acids is 1. The van der Waals surface area contributed by atoms with Crippen LogP contribution < -0.4 is 0 Å². The first-order chi connectivity index (χ1) is 8.77. The third-order valence-corrected chi connectivity index (χ3v) is 2.72. The van der Waals surface area contributed by atoms with Crippen LogP contribution >= 0.6 is 0 Å². The number of aliphatic carboxylic acids is 1. The Hall–Kier alpha value is -2.04. The molecule has 0 aromatic carbocycles. The van der Waals surface area contributed by atoms with Crippen LogP contribution in [-0.4, -0.2) is 38.5 Å². The van der Waals surface area contributed by atoms with E-state index >= 15 is 0 Å². The summed E-state index contributed by atoms with van der Waals surface area (Å²) in [5.74, 6) is -1.17. The van der Waals surface area contributed by atoms with Crippen molar-refractivity contribution < 1.29 is 14.7 Å². The fourth-order valence-electron chi connectivity index (χ4n) is 1.82. The summed E-state index contributed by atoms with van der Waals surface area (Å²) in [5.41, 5.74) is 0.0167. The second kappa shape index (κ2) is 5.73. The van der Waals surface area contributed by atoms with Crippen LogP contribution in [0.4, 0.5) is 0 Å². The molecule has 0 saturated heterocycles. The smallest absolute Gasteiger partial charge is 0.323 e. The highest BCUT2D eigenvalue weighted by Gasteiger charge is 2.28. The summed E-state index contributed by atoms with van der Waals surface area (Å²) in [6.45, 7) is 9.64. The van der Waals surface area contributed by atoms with Gasteiger partial charge in [0.25, 0.3) is 5.91 Å². The predicted octanol–water partition coefficient (Wildman–Crippen LogP) is 2.00. The van der Waals surface area contributed by atoms with Gasteiger partial charge in [-0.05, 0) is 32.9 Å². The number of rotatable bonds is 5. The number of hydrogen-bond donors (Lipinski definition) is 1. The van der Waals surface area contributed by atoms with Crippen molar-refractivity contribution in [3.8, 4) is 0 Å². The molecule has 1 N–H and O–H groups in total. The first-order valence-electron chi connectivity index (χ1n) is 6.07. The molecule has 0 bridgehead atoms. The molecule has 0 aliphatic heterocycles. The zero-order chi connectivity index (χ0) is 14.6. The van der Waals surface area contributed by atoms with Crippen molar-refractivity contribution in [2.24, 2.45) is 0 Å². The highest BCUT2D eigenvalue weighted by atomic mass is 16.4. The lowest BCUT2D eigenvalue weighted by Gasteiger charge is -2.35. The molecule has 1 heterocycles. The number of carbonyl (C=O) groups is 2. The molecule has 0 unspecified atom stereocenters. The van der Waals surface area contributed by atoms with Gasteiger partial charge in [0.2, 0.25) is 0 Å². The van der Waals surface area contributed by atoms with E-state index in [1.54, 1.807) is 29.3 Å². The summed E-state index contributed by atoms with van der Waals surface area (Å²) >= 11 is 0. The van der Waals surface area contributed by atoms with Crippen LogP contribution in [0.2, 0.25) is 0 Å². The first kappa shape index (κ1) is 15.0. The van der Waals surface area contributed by atoms with Crippen LogP contribution in [0.25, 0.3) is 0 Å². The van der Waals surface area contributed by atoms with Gasteiger partial charge in [0, 0.05) is 18.3 Å². The van der Waals surface area contributed by atoms with E-state index in [-0.39, 0.29) is 18.0 Å². The lowest BCUT2D eigenvalue weighted by Crippen LogP contribution is -2.46. The lowest BCUT2D eigenvalue weighted by atomic mass is 10.1. The molecule has 1 aromatic rings. The Morgan fingerprint density at radius 3 is 2.58 bits per heavy atom. The van der Waals surface area contributed by atoms with E-state index in [0.29, 0.717) is 12.2 Å². The van der Waals surface area contributed by atoms with Gasteiger partial charge in [-0.2, -0.15) is 0 Å². The zero-order valence-electron chi connectivity index (χ0n) is 11.6. The maximum atomic E-state index is 12.5. The minimum atomic E-state index is -0.976. The number of aromatic nitrogens is 1. The number of hydrogen-bond acceptors (Lipinski definition) is 2. The first-order valence-corrected chi connectivity index (χ1v) is 6.07. The van der Waals surface area contributed by atoms with Crippen molar-refractivity contribution in [1.29, 1.82) is 0 Å². The SMILES string of the molecule is C=CCN(C(=O)c1cccn1CC(=O)O)C(C)(C)C. The van der Waals surface area contributed by atoms with Crippen molar-refractivity contribution in [2.75, 3.05) is 6.54 Å². The summed E-state index contributed by atoms with van der Waals surface area (Å²) in [7, 11) is 0. The van der Waals surface area contributed by atoms with Crippen molar-refractivity contribution in [3.05, 3.63) is 36.7 Å². The van der Waals surface area contributed by atoms with Gasteiger partial charge in [0.1, 0.15) is 12.2 Å². The Labute approximate surface area is 113 Å². The van der Waals surface area contributed by atoms with Crippen molar-refractivity contribution >= 4 is 11.9 Å². The molecule has 1 aromatic heterocycles. The number of amides is 1. The van der Waals surface area contributed by atoms with Gasteiger partial charge < -0.3 is 14.6 Å². The zero-order valence-corrected chi connectivity index (χ0v) is 11.6. The Bertz CT molecular complexity index is 483. The van der Waals surface area contributed by atoms with E-state index < -0.39 is 5.97 Å². The molecular weight excluding hydrogens is 244 g/mol. The van der Waals surface area contributed by atoms with E-state index in [1.807, 2.05) is 20.8 Å². The molecule has 5 heteroatoms. The normalized spacial score (nSPS) is 11.1. The van der Waals surface area contributed by atoms with Crippen LogP contribution in [0.15, 0.2) is 31.0 Å². The average molecular weight is 264 g/mol. The van der Waals surface area contributed by atoms with Crippen LogP contribution in [-0.2, 0) is 11.3 Å². The lowest BCUT2D eigenvalue weighted by molar-refractivity contribution is -0.137. The van der Waals surface area contributed by atoms with E-state index in [9.17, 15) is 9.59 Å². The Morgan fingerprint density at radius 2 is 2.11 bits per heavy atom. The van der Waals surface area contributed by atoms with Gasteiger partial charge in [-0.15, -0.1) is 6.58 Å². The molecular formula is C14H20N2O3. The third kappa shape index (κ3) is 3.71. The van der Waals surface area contributed by atoms with Crippen molar-refractivity contribution in [1.82, 2.24) is 9.47 Å². The molecule has 0 fully saturated rings. The van der Waals surface area contributed by atoms with Crippen LogP contribution in [0.1, 0.15) is 31.3 Å². The van der Waals surface area contributed by atoms with Crippen LogP contribution in [0.5, 0.6) is 0 Å². The van der Waals surface area contributed by atoms with E-state index in [1.165, 1.54) is 4.57 Å². The minimum absolute atomic E-state index is 0.196. The molecule has 5 nitrogen and oxygen atoms in total. The van der Waals surface area contributed by atoms with E-state index in [0.717, 1.165) is 0 Å². The maximum Gasteiger partial charge on any atom is 0.323 e. The highest BCUT2D eigenvalue weighted by Crippen LogP contribution is 2.17. The number of nitrogens with zero attached hydrogens (tertiary/aromatic N) is 2. The van der Waals surface area contributed by atoms with Gasteiger partial charge in [0.15, 0.2) is 0 Å². The molecule has 104 valence electrons. The molecule has 19 heavy (non-hydrogen) atoms. The van der Waals surface area contributed by atoms with Crippen molar-refractivity contribution in [3.63, 3.8) is 0 Å². The summed E-state index contributed by atoms with van der Waals surface area (Å²) < 4.78 is 1.44. The number of carboxylic acids is 1. The largest absolute Gasteiger partial charge is 0.480 e. The van der Waals surface area contributed by atoms with E-state index in [2.05, 4.69) is 6.58 Å². The molecule has 0 aliphatic rings. The number of carboxylic acid groups (broad SMARTS) is 1. The molecule has 0 aliphatic carbocycles. The van der Waals surface area contributed by atoms with Gasteiger partial charge in [-0.3, -0.25) is 9.59 Å². The fraction of sp³-hybridized carbons (Fsp3) is 0.429. The van der Waals surface area contributed by atoms with Gasteiger partial charge >= 0.3 is 5.97 Å². The van der Waals surface area contributed by atoms with E-state index in [4.69, 9.17) is 5.11 Å². The fourth-order valence-corrected chi connectivity index (χ4v) is 1.82. The minimum Gasteiger partial charge on any atom is -0.480 e. The molecule has 0 spiro atoms. The highest BCUT2D eigenvalue weighted by molar-refractivity contribution is 5.93. The summed E-state index contributed by atoms with van der Waals surface area (Å²) in [6, 6.07) is 3.30. The summed E-state index contributed by atoms with van der Waals surface area (Å²) in [4.78, 5) is 24.9. The average Bonchev–Trinajstić information content (AvgIpc) is 2.70. The molecule has 1 amide bonds. The standard InChI is InChI=1S/C14H20N2O3/c1-5-8-16(14(2,3)4)13(19)11-7-6-9-15(11)10-12(17)18/h5-7,9H,1,8,10H2,2-4H3,(H,17,18). The quantitative estimate of drug-likeness (QED) is 0.827. The Morgan fingerprint density at radius 1 is 1.47 bits per heavy atom. The second-order valence-corrected chi connectivity index (χ2v) is 5.29. The molecule has 0 atom stereocenters. The Kier molecular flexibility index (Phi) is 4.53. The monoisotopic (exact) mass is 264 g/mol. The van der Waals surface area contributed by atoms with Crippen LogP contribution in [0.3, 0.4) is 0 Å². The molecule has 0 radical (unpaired) electrons. The van der Waals surface area contributed by atoms with Gasteiger partial charge in [-0.25, -0.2) is 0 Å². The van der Waals surface area contributed by atoms with Crippen molar-refractivity contribution in [2.45, 2.75) is 32.9 Å². The second-order valence-electron chi connectivity index (χ2n) is 5.29. The van der Waals surface area contributed by atoms with Crippen LogP contribution in [0, 0.1) is 0 Å².